The zero-order valence-electron chi connectivity index (χ0n) is 8.50. The average Bonchev–Trinajstić information content (AvgIpc) is 1.82. The summed E-state index contributed by atoms with van der Waals surface area (Å²) in [6.07, 6.45) is 0. The minimum Gasteiger partial charge on any atom is -0.299 e. The van der Waals surface area contributed by atoms with Gasteiger partial charge in [0, 0.05) is 31.0 Å². The van der Waals surface area contributed by atoms with Crippen molar-refractivity contribution in [1.29, 1.82) is 0 Å². The molecule has 1 saturated heterocycles. The molecule has 0 spiro atoms. The SMILES string of the molecule is CC(C)C(=O)C1CN(C(C)C)C1. The Morgan fingerprint density at radius 3 is 2.08 bits per heavy atom. The summed E-state index contributed by atoms with van der Waals surface area (Å²) in [6.45, 7) is 10.3. The number of hydrogen-bond donors (Lipinski definition) is 0. The standard InChI is InChI=1S/C10H19NO/c1-7(2)10(12)9-5-11(6-9)8(3)4/h7-9H,5-6H2,1-4H3. The first-order valence-corrected chi connectivity index (χ1v) is 4.80. The predicted octanol–water partition coefficient (Wildman–Crippen LogP) is 1.55. The van der Waals surface area contributed by atoms with E-state index in [0.29, 0.717) is 17.7 Å². The Morgan fingerprint density at radius 1 is 1.25 bits per heavy atom. The van der Waals surface area contributed by atoms with E-state index in [4.69, 9.17) is 0 Å². The van der Waals surface area contributed by atoms with E-state index in [9.17, 15) is 4.79 Å². The van der Waals surface area contributed by atoms with E-state index >= 15 is 0 Å². The van der Waals surface area contributed by atoms with Crippen molar-refractivity contribution in [2.75, 3.05) is 13.1 Å². The summed E-state index contributed by atoms with van der Waals surface area (Å²) < 4.78 is 0. The minimum absolute atomic E-state index is 0.212. The molecule has 1 fully saturated rings. The minimum atomic E-state index is 0.212. The molecule has 0 N–H and O–H groups in total. The van der Waals surface area contributed by atoms with Crippen LogP contribution >= 0.6 is 0 Å². The van der Waals surface area contributed by atoms with Crippen molar-refractivity contribution in [1.82, 2.24) is 4.90 Å². The largest absolute Gasteiger partial charge is 0.299 e. The second-order valence-electron chi connectivity index (χ2n) is 4.30. The molecule has 1 heterocycles. The van der Waals surface area contributed by atoms with E-state index in [-0.39, 0.29) is 5.92 Å². The van der Waals surface area contributed by atoms with Gasteiger partial charge >= 0.3 is 0 Å². The van der Waals surface area contributed by atoms with Crippen molar-refractivity contribution < 1.29 is 4.79 Å². The van der Waals surface area contributed by atoms with Crippen LogP contribution in [0.25, 0.3) is 0 Å². The molecule has 0 aromatic carbocycles. The smallest absolute Gasteiger partial charge is 0.141 e. The van der Waals surface area contributed by atoms with Gasteiger partial charge in [0.05, 0.1) is 0 Å². The lowest BCUT2D eigenvalue weighted by molar-refractivity contribution is -0.131. The molecule has 0 unspecified atom stereocenters. The van der Waals surface area contributed by atoms with E-state index in [1.807, 2.05) is 13.8 Å². The topological polar surface area (TPSA) is 20.3 Å². The van der Waals surface area contributed by atoms with Gasteiger partial charge in [0.2, 0.25) is 0 Å². The third kappa shape index (κ3) is 1.86. The maximum Gasteiger partial charge on any atom is 0.141 e. The fourth-order valence-electron chi connectivity index (χ4n) is 1.59. The van der Waals surface area contributed by atoms with Crippen molar-refractivity contribution in [3.8, 4) is 0 Å². The molecule has 0 atom stereocenters. The Morgan fingerprint density at radius 2 is 1.75 bits per heavy atom. The molecular formula is C10H19NO. The number of carbonyl (C=O) groups is 1. The highest BCUT2D eigenvalue weighted by atomic mass is 16.1. The Kier molecular flexibility index (Phi) is 2.89. The fraction of sp³-hybridized carbons (Fsp3) is 0.900. The molecule has 1 rings (SSSR count). The summed E-state index contributed by atoms with van der Waals surface area (Å²) in [5.41, 5.74) is 0. The lowest BCUT2D eigenvalue weighted by Crippen LogP contribution is -2.53. The number of carbonyl (C=O) groups excluding carboxylic acids is 1. The van der Waals surface area contributed by atoms with Crippen LogP contribution in [0.3, 0.4) is 0 Å². The van der Waals surface area contributed by atoms with Gasteiger partial charge in [-0.2, -0.15) is 0 Å². The van der Waals surface area contributed by atoms with Gasteiger partial charge in [-0.05, 0) is 13.8 Å². The van der Waals surface area contributed by atoms with E-state index in [1.165, 1.54) is 0 Å². The second-order valence-corrected chi connectivity index (χ2v) is 4.30. The number of hydrogen-bond acceptors (Lipinski definition) is 2. The highest BCUT2D eigenvalue weighted by Gasteiger charge is 2.34. The maximum atomic E-state index is 11.5. The second kappa shape index (κ2) is 3.56. The van der Waals surface area contributed by atoms with Gasteiger partial charge < -0.3 is 0 Å². The van der Waals surface area contributed by atoms with Crippen LogP contribution in [0.15, 0.2) is 0 Å². The van der Waals surface area contributed by atoms with Crippen molar-refractivity contribution in [2.24, 2.45) is 11.8 Å². The molecule has 0 radical (unpaired) electrons. The normalized spacial score (nSPS) is 20.2. The Hall–Kier alpha value is -0.370. The van der Waals surface area contributed by atoms with Gasteiger partial charge in [0.25, 0.3) is 0 Å². The highest BCUT2D eigenvalue weighted by Crippen LogP contribution is 2.21. The van der Waals surface area contributed by atoms with E-state index in [0.717, 1.165) is 13.1 Å². The van der Waals surface area contributed by atoms with Gasteiger partial charge in [0.15, 0.2) is 0 Å². The van der Waals surface area contributed by atoms with Gasteiger partial charge in [0.1, 0.15) is 5.78 Å². The van der Waals surface area contributed by atoms with Crippen molar-refractivity contribution in [3.05, 3.63) is 0 Å². The number of nitrogens with zero attached hydrogens (tertiary/aromatic N) is 1. The Balaban J connectivity index is 2.30. The van der Waals surface area contributed by atoms with E-state index in [2.05, 4.69) is 18.7 Å². The highest BCUT2D eigenvalue weighted by molar-refractivity contribution is 5.84. The first kappa shape index (κ1) is 9.72. The van der Waals surface area contributed by atoms with Crippen molar-refractivity contribution >= 4 is 5.78 Å². The molecule has 0 saturated carbocycles. The zero-order valence-corrected chi connectivity index (χ0v) is 8.50. The summed E-state index contributed by atoms with van der Waals surface area (Å²) in [6, 6.07) is 0.598. The molecular weight excluding hydrogens is 150 g/mol. The lowest BCUT2D eigenvalue weighted by Gasteiger charge is -2.41. The molecule has 0 bridgehead atoms. The molecule has 12 heavy (non-hydrogen) atoms. The van der Waals surface area contributed by atoms with Crippen LogP contribution in [0.5, 0.6) is 0 Å². The van der Waals surface area contributed by atoms with Crippen molar-refractivity contribution in [3.63, 3.8) is 0 Å². The van der Waals surface area contributed by atoms with Crippen LogP contribution in [0.4, 0.5) is 0 Å². The van der Waals surface area contributed by atoms with Crippen LogP contribution in [-0.2, 0) is 4.79 Å². The van der Waals surface area contributed by atoms with Crippen LogP contribution in [0, 0.1) is 11.8 Å². The molecule has 1 aliphatic heterocycles. The van der Waals surface area contributed by atoms with Gasteiger partial charge in [-0.3, -0.25) is 9.69 Å². The molecule has 0 aromatic rings. The number of Topliss-reactive ketones (excluding diaryl/α,β-unsaturated/α-hetero) is 1. The third-order valence-corrected chi connectivity index (χ3v) is 2.61. The van der Waals surface area contributed by atoms with Crippen LogP contribution in [0.2, 0.25) is 0 Å². The first-order valence-electron chi connectivity index (χ1n) is 4.80. The molecule has 0 amide bonds. The average molecular weight is 169 g/mol. The molecule has 0 aromatic heterocycles. The quantitative estimate of drug-likeness (QED) is 0.639. The van der Waals surface area contributed by atoms with Gasteiger partial charge in [-0.15, -0.1) is 0 Å². The predicted molar refractivity (Wildman–Crippen MR) is 50.0 cm³/mol. The summed E-state index contributed by atoms with van der Waals surface area (Å²) >= 11 is 0. The molecule has 2 nitrogen and oxygen atoms in total. The van der Waals surface area contributed by atoms with E-state index < -0.39 is 0 Å². The zero-order chi connectivity index (χ0) is 9.30. The van der Waals surface area contributed by atoms with Gasteiger partial charge in [-0.25, -0.2) is 0 Å². The summed E-state index contributed by atoms with van der Waals surface area (Å²) in [5.74, 6) is 0.976. The van der Waals surface area contributed by atoms with Crippen LogP contribution in [-0.4, -0.2) is 29.8 Å². The number of ketones is 1. The van der Waals surface area contributed by atoms with Crippen LogP contribution in [0.1, 0.15) is 27.7 Å². The summed E-state index contributed by atoms with van der Waals surface area (Å²) in [7, 11) is 0. The Labute approximate surface area is 74.9 Å². The molecule has 70 valence electrons. The van der Waals surface area contributed by atoms with Crippen LogP contribution < -0.4 is 0 Å². The monoisotopic (exact) mass is 169 g/mol. The number of likely N-dealkylation sites (tertiary alicyclic amines) is 1. The first-order chi connectivity index (χ1) is 5.52. The molecule has 1 aliphatic rings. The van der Waals surface area contributed by atoms with Gasteiger partial charge in [-0.1, -0.05) is 13.8 Å². The molecule has 0 aliphatic carbocycles. The lowest BCUT2D eigenvalue weighted by atomic mass is 9.88. The maximum absolute atomic E-state index is 11.5. The number of rotatable bonds is 3. The van der Waals surface area contributed by atoms with Crippen molar-refractivity contribution in [2.45, 2.75) is 33.7 Å². The fourth-order valence-corrected chi connectivity index (χ4v) is 1.59. The Bertz CT molecular complexity index is 169. The van der Waals surface area contributed by atoms with E-state index in [1.54, 1.807) is 0 Å². The summed E-state index contributed by atoms with van der Waals surface area (Å²) in [4.78, 5) is 13.8. The third-order valence-electron chi connectivity index (χ3n) is 2.61. The molecule has 2 heteroatoms. The summed E-state index contributed by atoms with van der Waals surface area (Å²) in [5, 5.41) is 0.